The lowest BCUT2D eigenvalue weighted by Crippen LogP contribution is -2.40. The summed E-state index contributed by atoms with van der Waals surface area (Å²) in [6.45, 7) is 0. The highest BCUT2D eigenvalue weighted by Gasteiger charge is 2.23. The molecule has 1 saturated carbocycles. The molecule has 0 unspecified atom stereocenters. The largest absolute Gasteiger partial charge is 0.382 e. The van der Waals surface area contributed by atoms with Gasteiger partial charge in [-0.2, -0.15) is 0 Å². The third kappa shape index (κ3) is 3.68. The van der Waals surface area contributed by atoms with Crippen molar-refractivity contribution in [2.75, 3.05) is 5.32 Å². The molecule has 26 heavy (non-hydrogen) atoms. The summed E-state index contributed by atoms with van der Waals surface area (Å²) in [6.07, 6.45) is 7.56. The lowest BCUT2D eigenvalue weighted by molar-refractivity contribution is 0.0922. The Morgan fingerprint density at radius 2 is 1.92 bits per heavy atom. The molecule has 6 heteroatoms. The Balaban J connectivity index is 1.36. The fourth-order valence-electron chi connectivity index (χ4n) is 3.58. The molecule has 2 aromatic heterocycles. The second kappa shape index (κ2) is 7.38. The maximum atomic E-state index is 12.1. The first-order valence-corrected chi connectivity index (χ1v) is 9.32. The highest BCUT2D eigenvalue weighted by Crippen LogP contribution is 2.28. The van der Waals surface area contributed by atoms with E-state index < -0.39 is 0 Å². The summed E-state index contributed by atoms with van der Waals surface area (Å²) >= 11 is 6.06. The number of hydrogen-bond acceptors (Lipinski definition) is 3. The minimum absolute atomic E-state index is 0.0246. The summed E-state index contributed by atoms with van der Waals surface area (Å²) in [5.74, 6) is -0.0246. The predicted octanol–water partition coefficient (Wildman–Crippen LogP) is 4.37. The number of nitrogens with zero attached hydrogens (tertiary/aromatic N) is 1. The smallest absolute Gasteiger partial charge is 0.267 e. The van der Waals surface area contributed by atoms with Gasteiger partial charge in [0.25, 0.3) is 5.91 Å². The third-order valence-corrected chi connectivity index (χ3v) is 5.20. The number of H-pyrrole nitrogens is 1. The molecule has 5 nitrogen and oxygen atoms in total. The standard InChI is InChI=1S/C20H21ClN4O/c21-13-3-8-16-17(9-11-23-19(16)12-13)24-14-4-6-15(7-5-14)25-20(26)18-2-1-10-22-18/h1-3,8-12,14-15,22H,4-7H2,(H,23,24)(H,25,26)/t14-,15+. The maximum absolute atomic E-state index is 12.1. The van der Waals surface area contributed by atoms with Crippen LogP contribution in [0.3, 0.4) is 0 Å². The summed E-state index contributed by atoms with van der Waals surface area (Å²) in [5.41, 5.74) is 2.60. The van der Waals surface area contributed by atoms with Crippen LogP contribution < -0.4 is 10.6 Å². The van der Waals surface area contributed by atoms with Gasteiger partial charge in [0.2, 0.25) is 0 Å². The number of halogens is 1. The summed E-state index contributed by atoms with van der Waals surface area (Å²) in [5, 5.41) is 8.54. The Hall–Kier alpha value is -2.53. The van der Waals surface area contributed by atoms with Gasteiger partial charge in [0, 0.05) is 40.6 Å². The van der Waals surface area contributed by atoms with Crippen molar-refractivity contribution in [3.63, 3.8) is 0 Å². The van der Waals surface area contributed by atoms with Gasteiger partial charge in [-0.05, 0) is 62.1 Å². The molecule has 1 fully saturated rings. The molecule has 3 aromatic rings. The van der Waals surface area contributed by atoms with Crippen LogP contribution in [-0.4, -0.2) is 28.0 Å². The molecular weight excluding hydrogens is 348 g/mol. The van der Waals surface area contributed by atoms with E-state index in [1.54, 1.807) is 12.3 Å². The molecule has 0 saturated heterocycles. The summed E-state index contributed by atoms with van der Waals surface area (Å²) in [6, 6.07) is 12.1. The fraction of sp³-hybridized carbons (Fsp3) is 0.300. The molecule has 0 radical (unpaired) electrons. The van der Waals surface area contributed by atoms with E-state index in [2.05, 4.69) is 20.6 Å². The Bertz CT molecular complexity index is 901. The quantitative estimate of drug-likeness (QED) is 0.640. The molecule has 1 aliphatic carbocycles. The molecule has 0 spiro atoms. The average molecular weight is 369 g/mol. The molecule has 2 heterocycles. The lowest BCUT2D eigenvalue weighted by atomic mass is 9.90. The van der Waals surface area contributed by atoms with Gasteiger partial charge in [-0.15, -0.1) is 0 Å². The van der Waals surface area contributed by atoms with Gasteiger partial charge in [-0.1, -0.05) is 11.6 Å². The molecular formula is C20H21ClN4O. The van der Waals surface area contributed by atoms with E-state index in [0.717, 1.165) is 42.3 Å². The zero-order valence-electron chi connectivity index (χ0n) is 14.3. The monoisotopic (exact) mass is 368 g/mol. The van der Waals surface area contributed by atoms with Crippen molar-refractivity contribution in [1.82, 2.24) is 15.3 Å². The van der Waals surface area contributed by atoms with Crippen LogP contribution in [-0.2, 0) is 0 Å². The number of benzene rings is 1. The van der Waals surface area contributed by atoms with Crippen molar-refractivity contribution >= 4 is 34.1 Å². The second-order valence-corrected chi connectivity index (χ2v) is 7.21. The molecule has 0 atom stereocenters. The SMILES string of the molecule is O=C(N[C@H]1CC[C@@H](Nc2ccnc3cc(Cl)ccc23)CC1)c1ccc[nH]1. The number of nitrogens with one attached hydrogen (secondary N) is 3. The number of fused-ring (bicyclic) bond motifs is 1. The van der Waals surface area contributed by atoms with E-state index in [-0.39, 0.29) is 11.9 Å². The number of hydrogen-bond donors (Lipinski definition) is 3. The van der Waals surface area contributed by atoms with Crippen molar-refractivity contribution in [1.29, 1.82) is 0 Å². The maximum Gasteiger partial charge on any atom is 0.267 e. The summed E-state index contributed by atoms with van der Waals surface area (Å²) in [7, 11) is 0. The number of pyridine rings is 1. The molecule has 0 bridgehead atoms. The van der Waals surface area contributed by atoms with E-state index in [1.165, 1.54) is 0 Å². The van der Waals surface area contributed by atoms with E-state index >= 15 is 0 Å². The van der Waals surface area contributed by atoms with Crippen LogP contribution in [0.2, 0.25) is 5.02 Å². The zero-order valence-corrected chi connectivity index (χ0v) is 15.1. The Morgan fingerprint density at radius 1 is 1.12 bits per heavy atom. The van der Waals surface area contributed by atoms with Crippen LogP contribution in [0.15, 0.2) is 48.8 Å². The van der Waals surface area contributed by atoms with Crippen LogP contribution in [0.25, 0.3) is 10.9 Å². The van der Waals surface area contributed by atoms with Crippen molar-refractivity contribution in [3.8, 4) is 0 Å². The van der Waals surface area contributed by atoms with Crippen LogP contribution >= 0.6 is 11.6 Å². The molecule has 4 rings (SSSR count). The van der Waals surface area contributed by atoms with Gasteiger partial charge >= 0.3 is 0 Å². The third-order valence-electron chi connectivity index (χ3n) is 4.97. The van der Waals surface area contributed by atoms with Crippen LogP contribution in [0, 0.1) is 0 Å². The van der Waals surface area contributed by atoms with Crippen LogP contribution in [0.5, 0.6) is 0 Å². The molecule has 1 aliphatic rings. The van der Waals surface area contributed by atoms with Crippen molar-refractivity contribution in [3.05, 3.63) is 59.5 Å². The summed E-state index contributed by atoms with van der Waals surface area (Å²) in [4.78, 5) is 19.5. The number of amides is 1. The topological polar surface area (TPSA) is 69.8 Å². The number of carbonyl (C=O) groups is 1. The highest BCUT2D eigenvalue weighted by molar-refractivity contribution is 6.31. The Morgan fingerprint density at radius 3 is 2.69 bits per heavy atom. The van der Waals surface area contributed by atoms with E-state index in [4.69, 9.17) is 11.6 Å². The first-order chi connectivity index (χ1) is 12.7. The fourth-order valence-corrected chi connectivity index (χ4v) is 3.75. The number of aromatic amines is 1. The van der Waals surface area contributed by atoms with Gasteiger partial charge < -0.3 is 15.6 Å². The summed E-state index contributed by atoms with van der Waals surface area (Å²) < 4.78 is 0. The first kappa shape index (κ1) is 16.9. The zero-order chi connectivity index (χ0) is 17.9. The second-order valence-electron chi connectivity index (χ2n) is 6.77. The van der Waals surface area contributed by atoms with Crippen LogP contribution in [0.1, 0.15) is 36.2 Å². The first-order valence-electron chi connectivity index (χ1n) is 8.94. The van der Waals surface area contributed by atoms with E-state index in [0.29, 0.717) is 16.8 Å². The lowest BCUT2D eigenvalue weighted by Gasteiger charge is -2.30. The van der Waals surface area contributed by atoms with Gasteiger partial charge in [-0.25, -0.2) is 0 Å². The average Bonchev–Trinajstić information content (AvgIpc) is 3.18. The Kier molecular flexibility index (Phi) is 4.80. The molecule has 3 N–H and O–H groups in total. The number of aromatic nitrogens is 2. The van der Waals surface area contributed by atoms with Gasteiger partial charge in [-0.3, -0.25) is 9.78 Å². The van der Waals surface area contributed by atoms with E-state index in [1.807, 2.05) is 36.5 Å². The van der Waals surface area contributed by atoms with Gasteiger partial charge in [0.15, 0.2) is 0 Å². The molecule has 134 valence electrons. The van der Waals surface area contributed by atoms with Gasteiger partial charge in [0.05, 0.1) is 5.52 Å². The normalized spacial score (nSPS) is 20.0. The number of anilines is 1. The minimum atomic E-state index is -0.0246. The molecule has 0 aliphatic heterocycles. The molecule has 1 amide bonds. The number of rotatable bonds is 4. The minimum Gasteiger partial charge on any atom is -0.382 e. The highest BCUT2D eigenvalue weighted by atomic mass is 35.5. The molecule has 1 aromatic carbocycles. The van der Waals surface area contributed by atoms with Crippen LogP contribution in [0.4, 0.5) is 5.69 Å². The van der Waals surface area contributed by atoms with Gasteiger partial charge in [0.1, 0.15) is 5.69 Å². The van der Waals surface area contributed by atoms with Crippen molar-refractivity contribution in [2.45, 2.75) is 37.8 Å². The van der Waals surface area contributed by atoms with Crippen molar-refractivity contribution < 1.29 is 4.79 Å². The Labute approximate surface area is 157 Å². The van der Waals surface area contributed by atoms with Crippen molar-refractivity contribution in [2.24, 2.45) is 0 Å². The predicted molar refractivity (Wildman–Crippen MR) is 105 cm³/mol. The van der Waals surface area contributed by atoms with E-state index in [9.17, 15) is 4.79 Å². The number of carbonyl (C=O) groups excluding carboxylic acids is 1.